The van der Waals surface area contributed by atoms with Gasteiger partial charge < -0.3 is 5.32 Å². The molecule has 33 heavy (non-hydrogen) atoms. The molecule has 0 radical (unpaired) electrons. The standard InChI is InChI=1S/C27H29Cl2NOS2/c1-4-7-23(18-8-12-21(13-9-18)32-5-2)27(31)30-20-16-24(28)26(25(29)17-20)19-10-14-22(15-11-19)33-6-3/h8-17,23H,4-7H2,1-3H3,(H,30,31). The highest BCUT2D eigenvalue weighted by Gasteiger charge is 2.21. The number of benzene rings is 3. The summed E-state index contributed by atoms with van der Waals surface area (Å²) in [4.78, 5) is 15.6. The topological polar surface area (TPSA) is 29.1 Å². The van der Waals surface area contributed by atoms with E-state index in [1.165, 1.54) is 9.79 Å². The van der Waals surface area contributed by atoms with Crippen LogP contribution in [0.25, 0.3) is 11.1 Å². The molecule has 174 valence electrons. The van der Waals surface area contributed by atoms with Crippen LogP contribution in [-0.4, -0.2) is 17.4 Å². The van der Waals surface area contributed by atoms with Gasteiger partial charge in [-0.1, -0.05) is 74.7 Å². The van der Waals surface area contributed by atoms with Crippen LogP contribution in [0.3, 0.4) is 0 Å². The monoisotopic (exact) mass is 517 g/mol. The third-order valence-electron chi connectivity index (χ3n) is 5.25. The molecule has 0 aliphatic heterocycles. The van der Waals surface area contributed by atoms with Crippen molar-refractivity contribution in [2.75, 3.05) is 16.8 Å². The van der Waals surface area contributed by atoms with Gasteiger partial charge in [0.2, 0.25) is 5.91 Å². The average Bonchev–Trinajstić information content (AvgIpc) is 2.79. The number of carbonyl (C=O) groups excluding carboxylic acids is 1. The summed E-state index contributed by atoms with van der Waals surface area (Å²) in [6, 6.07) is 20.1. The molecule has 0 aliphatic carbocycles. The predicted octanol–water partition coefficient (Wildman–Crippen LogP) is 9.41. The van der Waals surface area contributed by atoms with Crippen LogP contribution in [0.2, 0.25) is 10.0 Å². The Labute approximate surface area is 215 Å². The van der Waals surface area contributed by atoms with E-state index < -0.39 is 0 Å². The Kier molecular flexibility index (Phi) is 10.1. The number of hydrogen-bond donors (Lipinski definition) is 1. The Morgan fingerprint density at radius 3 is 1.85 bits per heavy atom. The van der Waals surface area contributed by atoms with E-state index in [2.05, 4.69) is 62.5 Å². The molecule has 0 fully saturated rings. The SMILES string of the molecule is CCCC(C(=O)Nc1cc(Cl)c(-c2ccc(SCC)cc2)c(Cl)c1)c1ccc(SCC)cc1. The zero-order chi connectivity index (χ0) is 23.8. The van der Waals surface area contributed by atoms with Crippen molar-refractivity contribution >= 4 is 58.3 Å². The lowest BCUT2D eigenvalue weighted by molar-refractivity contribution is -0.117. The Balaban J connectivity index is 1.80. The minimum absolute atomic E-state index is 0.0476. The molecule has 0 saturated carbocycles. The first kappa shape index (κ1) is 26.0. The van der Waals surface area contributed by atoms with Crippen molar-refractivity contribution in [3.8, 4) is 11.1 Å². The quantitative estimate of drug-likeness (QED) is 0.271. The highest BCUT2D eigenvalue weighted by molar-refractivity contribution is 7.99. The molecule has 0 heterocycles. The number of anilines is 1. The first-order chi connectivity index (χ1) is 16.0. The van der Waals surface area contributed by atoms with Crippen LogP contribution in [0.15, 0.2) is 70.5 Å². The van der Waals surface area contributed by atoms with Crippen LogP contribution in [0.1, 0.15) is 45.1 Å². The molecule has 6 heteroatoms. The Bertz CT molecular complexity index is 1050. The molecule has 1 amide bonds. The lowest BCUT2D eigenvalue weighted by Crippen LogP contribution is -2.21. The Morgan fingerprint density at radius 2 is 1.36 bits per heavy atom. The minimum Gasteiger partial charge on any atom is -0.325 e. The predicted molar refractivity (Wildman–Crippen MR) is 147 cm³/mol. The fourth-order valence-corrected chi connectivity index (χ4v) is 5.76. The maximum Gasteiger partial charge on any atom is 0.231 e. The second-order valence-corrected chi connectivity index (χ2v) is 11.1. The summed E-state index contributed by atoms with van der Waals surface area (Å²) in [5, 5.41) is 4.07. The number of rotatable bonds is 10. The van der Waals surface area contributed by atoms with Gasteiger partial charge >= 0.3 is 0 Å². The van der Waals surface area contributed by atoms with E-state index in [0.717, 1.165) is 41.0 Å². The molecule has 0 bridgehead atoms. The molecule has 1 atom stereocenters. The van der Waals surface area contributed by atoms with Crippen LogP contribution in [0.5, 0.6) is 0 Å². The van der Waals surface area contributed by atoms with Crippen molar-refractivity contribution < 1.29 is 4.79 Å². The van der Waals surface area contributed by atoms with Gasteiger partial charge in [-0.3, -0.25) is 4.79 Å². The van der Waals surface area contributed by atoms with Gasteiger partial charge in [-0.25, -0.2) is 0 Å². The van der Waals surface area contributed by atoms with Gasteiger partial charge in [0, 0.05) is 21.0 Å². The maximum atomic E-state index is 13.2. The van der Waals surface area contributed by atoms with Crippen molar-refractivity contribution in [2.45, 2.75) is 49.3 Å². The van der Waals surface area contributed by atoms with Gasteiger partial charge in [0.25, 0.3) is 0 Å². The molecule has 0 spiro atoms. The molecule has 1 unspecified atom stereocenters. The highest BCUT2D eigenvalue weighted by Crippen LogP contribution is 2.38. The smallest absolute Gasteiger partial charge is 0.231 e. The normalized spacial score (nSPS) is 11.9. The summed E-state index contributed by atoms with van der Waals surface area (Å²) in [7, 11) is 0. The van der Waals surface area contributed by atoms with Crippen molar-refractivity contribution in [2.24, 2.45) is 0 Å². The van der Waals surface area contributed by atoms with E-state index in [0.29, 0.717) is 15.7 Å². The number of halogens is 2. The van der Waals surface area contributed by atoms with E-state index in [1.54, 1.807) is 35.7 Å². The summed E-state index contributed by atoms with van der Waals surface area (Å²) >= 11 is 16.8. The second kappa shape index (κ2) is 12.8. The van der Waals surface area contributed by atoms with Crippen LogP contribution in [-0.2, 0) is 4.79 Å². The molecule has 3 aromatic carbocycles. The maximum absolute atomic E-state index is 13.2. The largest absolute Gasteiger partial charge is 0.325 e. The van der Waals surface area contributed by atoms with E-state index in [-0.39, 0.29) is 11.8 Å². The molecule has 1 N–H and O–H groups in total. The molecule has 3 aromatic rings. The van der Waals surface area contributed by atoms with Crippen LogP contribution in [0.4, 0.5) is 5.69 Å². The second-order valence-electron chi connectivity index (χ2n) is 7.60. The van der Waals surface area contributed by atoms with E-state index in [1.807, 2.05) is 12.1 Å². The fraction of sp³-hybridized carbons (Fsp3) is 0.296. The zero-order valence-corrected chi connectivity index (χ0v) is 22.3. The number of thioether (sulfide) groups is 2. The third-order valence-corrected chi connectivity index (χ3v) is 7.64. The molecular weight excluding hydrogens is 489 g/mol. The third kappa shape index (κ3) is 6.95. The summed E-state index contributed by atoms with van der Waals surface area (Å²) < 4.78 is 0. The molecule has 0 saturated heterocycles. The van der Waals surface area contributed by atoms with Gasteiger partial charge in [0.05, 0.1) is 16.0 Å². The summed E-state index contributed by atoms with van der Waals surface area (Å²) in [5.74, 6) is 1.78. The number of nitrogens with one attached hydrogen (secondary N) is 1. The first-order valence-electron chi connectivity index (χ1n) is 11.2. The summed E-state index contributed by atoms with van der Waals surface area (Å²) in [6.45, 7) is 6.35. The Hall–Kier alpha value is -1.59. The van der Waals surface area contributed by atoms with Gasteiger partial charge in [0.15, 0.2) is 0 Å². The van der Waals surface area contributed by atoms with Gasteiger partial charge in [-0.05, 0) is 65.5 Å². The van der Waals surface area contributed by atoms with Crippen molar-refractivity contribution in [3.63, 3.8) is 0 Å². The van der Waals surface area contributed by atoms with E-state index in [4.69, 9.17) is 23.2 Å². The highest BCUT2D eigenvalue weighted by atomic mass is 35.5. The minimum atomic E-state index is -0.225. The van der Waals surface area contributed by atoms with E-state index in [9.17, 15) is 4.79 Å². The van der Waals surface area contributed by atoms with E-state index >= 15 is 0 Å². The lowest BCUT2D eigenvalue weighted by atomic mass is 9.93. The van der Waals surface area contributed by atoms with Crippen LogP contribution in [0, 0.1) is 0 Å². The first-order valence-corrected chi connectivity index (χ1v) is 13.9. The lowest BCUT2D eigenvalue weighted by Gasteiger charge is -2.18. The fourth-order valence-electron chi connectivity index (χ4n) is 3.74. The van der Waals surface area contributed by atoms with Gasteiger partial charge in [0.1, 0.15) is 0 Å². The summed E-state index contributed by atoms with van der Waals surface area (Å²) in [6.07, 6.45) is 1.68. The molecular formula is C27H29Cl2NOS2. The van der Waals surface area contributed by atoms with Crippen molar-refractivity contribution in [1.82, 2.24) is 0 Å². The molecule has 3 rings (SSSR count). The van der Waals surface area contributed by atoms with Gasteiger partial charge in [-0.2, -0.15) is 0 Å². The van der Waals surface area contributed by atoms with Crippen molar-refractivity contribution in [3.05, 3.63) is 76.3 Å². The van der Waals surface area contributed by atoms with Crippen LogP contribution < -0.4 is 5.32 Å². The number of carbonyl (C=O) groups is 1. The summed E-state index contributed by atoms with van der Waals surface area (Å²) in [5.41, 5.74) is 3.36. The molecule has 2 nitrogen and oxygen atoms in total. The number of hydrogen-bond acceptors (Lipinski definition) is 3. The number of amides is 1. The average molecular weight is 519 g/mol. The molecule has 0 aliphatic rings. The van der Waals surface area contributed by atoms with Crippen molar-refractivity contribution in [1.29, 1.82) is 0 Å². The van der Waals surface area contributed by atoms with Crippen LogP contribution >= 0.6 is 46.7 Å². The Morgan fingerprint density at radius 1 is 0.848 bits per heavy atom. The molecule has 0 aromatic heterocycles. The van der Waals surface area contributed by atoms with Gasteiger partial charge in [-0.15, -0.1) is 23.5 Å². The zero-order valence-electron chi connectivity index (χ0n) is 19.2.